The van der Waals surface area contributed by atoms with E-state index in [1.807, 2.05) is 36.8 Å². The van der Waals surface area contributed by atoms with Crippen molar-refractivity contribution in [3.8, 4) is 11.5 Å². The minimum atomic E-state index is -3.01. The second-order valence-corrected chi connectivity index (χ2v) is 18.3. The van der Waals surface area contributed by atoms with Crippen LogP contribution < -0.4 is 30.4 Å². The van der Waals surface area contributed by atoms with Gasteiger partial charge in [-0.25, -0.2) is 9.97 Å². The summed E-state index contributed by atoms with van der Waals surface area (Å²) in [5.74, 6) is 2.25. The lowest BCUT2D eigenvalue weighted by molar-refractivity contribution is 0.484. The smallest absolute Gasteiger partial charge is 0.184 e. The van der Waals surface area contributed by atoms with E-state index in [9.17, 15) is 0 Å². The van der Waals surface area contributed by atoms with E-state index < -0.39 is 8.07 Å². The summed E-state index contributed by atoms with van der Waals surface area (Å²) in [5, 5.41) is 10.5. The number of rotatable bonds is 5. The van der Waals surface area contributed by atoms with E-state index in [1.54, 1.807) is 0 Å². The fraction of sp³-hybridized carbons (Fsp3) is 0. The normalized spacial score (nSPS) is 13.4. The van der Waals surface area contributed by atoms with Crippen LogP contribution in [-0.2, 0) is 0 Å². The number of anilines is 3. The molecule has 0 saturated heterocycles. The summed E-state index contributed by atoms with van der Waals surface area (Å²) in [6.45, 7) is 0. The quantitative estimate of drug-likeness (QED) is 0.130. The van der Waals surface area contributed by atoms with Crippen molar-refractivity contribution < 1.29 is 9.15 Å². The molecule has 6 nitrogen and oxygen atoms in total. The van der Waals surface area contributed by atoms with E-state index in [0.717, 1.165) is 72.6 Å². The molecular weight excluding hydrogens is 717 g/mol. The van der Waals surface area contributed by atoms with E-state index in [1.165, 1.54) is 26.1 Å². The predicted molar refractivity (Wildman–Crippen MR) is 234 cm³/mol. The lowest BCUT2D eigenvalue weighted by Gasteiger charge is -2.44. The average Bonchev–Trinajstić information content (AvgIpc) is 3.93. The summed E-state index contributed by atoms with van der Waals surface area (Å²) in [6.07, 6.45) is 5.74. The second-order valence-electron chi connectivity index (χ2n) is 14.6. The molecule has 7 aromatic carbocycles. The molecule has 0 amide bonds. The third-order valence-electron chi connectivity index (χ3n) is 11.6. The third-order valence-corrected chi connectivity index (χ3v) is 16.5. The molecule has 5 heterocycles. The lowest BCUT2D eigenvalue weighted by Crippen LogP contribution is -2.77. The number of hydrogen-bond acceptors (Lipinski definition) is 5. The van der Waals surface area contributed by atoms with Crippen LogP contribution in [0.4, 0.5) is 17.2 Å². The van der Waals surface area contributed by atoms with Gasteiger partial charge in [0.1, 0.15) is 28.5 Å². The first-order valence-electron chi connectivity index (χ1n) is 19.1. The van der Waals surface area contributed by atoms with Crippen molar-refractivity contribution in [2.24, 2.45) is 0 Å². The molecule has 0 aliphatic carbocycles. The Bertz CT molecular complexity index is 3300. The highest BCUT2D eigenvalue weighted by atomic mass is 28.3. The van der Waals surface area contributed by atoms with Crippen molar-refractivity contribution in [1.29, 1.82) is 0 Å². The van der Waals surface area contributed by atoms with Gasteiger partial charge in [-0.3, -0.25) is 9.30 Å². The van der Waals surface area contributed by atoms with Crippen LogP contribution in [0.25, 0.3) is 49.3 Å². The fourth-order valence-electron chi connectivity index (χ4n) is 9.28. The monoisotopic (exact) mass is 748 g/mol. The van der Waals surface area contributed by atoms with E-state index in [4.69, 9.17) is 19.1 Å². The van der Waals surface area contributed by atoms with Gasteiger partial charge in [0.05, 0.1) is 16.9 Å². The van der Waals surface area contributed by atoms with Crippen LogP contribution in [0, 0.1) is 0 Å². The van der Waals surface area contributed by atoms with Gasteiger partial charge in [-0.2, -0.15) is 0 Å². The van der Waals surface area contributed by atoms with E-state index in [2.05, 4.69) is 167 Å². The van der Waals surface area contributed by atoms with Crippen molar-refractivity contribution >= 4 is 95.3 Å². The number of nitrogens with zero attached hydrogens (tertiary/aromatic N) is 4. The Morgan fingerprint density at radius 2 is 1.19 bits per heavy atom. The Labute approximate surface area is 328 Å². The molecule has 0 spiro atoms. The van der Waals surface area contributed by atoms with Gasteiger partial charge in [0.25, 0.3) is 0 Å². The topological polar surface area (TPSA) is 55.8 Å². The van der Waals surface area contributed by atoms with Gasteiger partial charge in [-0.05, 0) is 74.7 Å². The van der Waals surface area contributed by atoms with Crippen LogP contribution in [0.15, 0.2) is 199 Å². The number of ether oxygens (including phenoxy) is 1. The molecule has 0 bridgehead atoms. The van der Waals surface area contributed by atoms with E-state index in [0.29, 0.717) is 0 Å². The fourth-order valence-corrected chi connectivity index (χ4v) is 14.4. The number of benzene rings is 7. The molecule has 268 valence electrons. The predicted octanol–water partition coefficient (Wildman–Crippen LogP) is 9.89. The minimum Gasteiger partial charge on any atom is -0.457 e. The van der Waals surface area contributed by atoms with Gasteiger partial charge in [0.2, 0.25) is 0 Å². The summed E-state index contributed by atoms with van der Waals surface area (Å²) in [4.78, 5) is 12.1. The van der Waals surface area contributed by atoms with Crippen molar-refractivity contribution in [1.82, 2.24) is 14.4 Å². The first-order valence-corrected chi connectivity index (χ1v) is 21.1. The number of para-hydroxylation sites is 2. The summed E-state index contributed by atoms with van der Waals surface area (Å²) < 4.78 is 16.0. The Kier molecular flexibility index (Phi) is 6.85. The highest BCUT2D eigenvalue weighted by Gasteiger charge is 2.50. The molecule has 7 heteroatoms. The van der Waals surface area contributed by atoms with Crippen LogP contribution in [0.1, 0.15) is 0 Å². The van der Waals surface area contributed by atoms with Crippen molar-refractivity contribution in [2.45, 2.75) is 0 Å². The number of hydrogen-bond donors (Lipinski definition) is 0. The number of pyridine rings is 2. The molecule has 0 atom stereocenters. The van der Waals surface area contributed by atoms with Gasteiger partial charge in [-0.1, -0.05) is 121 Å². The summed E-state index contributed by atoms with van der Waals surface area (Å²) >= 11 is 0. The molecule has 4 aromatic heterocycles. The van der Waals surface area contributed by atoms with Gasteiger partial charge in [0.15, 0.2) is 13.7 Å². The minimum absolute atomic E-state index is 0.721. The Morgan fingerprint density at radius 1 is 0.509 bits per heavy atom. The second kappa shape index (κ2) is 12.3. The zero-order valence-corrected chi connectivity index (χ0v) is 31.6. The van der Waals surface area contributed by atoms with Crippen LogP contribution in [0.5, 0.6) is 11.5 Å². The lowest BCUT2D eigenvalue weighted by atomic mass is 10.1. The van der Waals surface area contributed by atoms with Crippen LogP contribution in [-0.4, -0.2) is 22.4 Å². The number of furan rings is 1. The molecule has 12 rings (SSSR count). The van der Waals surface area contributed by atoms with Gasteiger partial charge < -0.3 is 9.15 Å². The molecule has 0 N–H and O–H groups in total. The van der Waals surface area contributed by atoms with E-state index in [-0.39, 0.29) is 0 Å². The van der Waals surface area contributed by atoms with Crippen molar-refractivity contribution in [3.05, 3.63) is 195 Å². The molecule has 1 aliphatic rings. The average molecular weight is 749 g/mol. The summed E-state index contributed by atoms with van der Waals surface area (Å²) in [5.41, 5.74) is 5.73. The highest BCUT2D eigenvalue weighted by Crippen LogP contribution is 2.45. The van der Waals surface area contributed by atoms with Gasteiger partial charge >= 0.3 is 0 Å². The standard InChI is InChI=1S/C50H32N4O2Si/c1-3-13-35(14-4-1)57(36-15-5-2-6-16-36)45-26-23-34(55-33-22-24-37-38-17-7-9-19-42(38)53-30-29-52-50(53)41(37)31-33)32-43(45)54(47-21-11-12-28-51-47)48-46(57)27-25-40-39-18-8-10-20-44(39)56-49(40)48/h1-32H. The Morgan fingerprint density at radius 3 is 2.00 bits per heavy atom. The first-order chi connectivity index (χ1) is 28.3. The third kappa shape index (κ3) is 4.57. The number of imidazole rings is 1. The highest BCUT2D eigenvalue weighted by molar-refractivity contribution is 7.21. The molecule has 11 aromatic rings. The maximum Gasteiger partial charge on any atom is 0.184 e. The van der Waals surface area contributed by atoms with Gasteiger partial charge in [-0.15, -0.1) is 0 Å². The van der Waals surface area contributed by atoms with Crippen LogP contribution in [0.2, 0.25) is 0 Å². The Hall–Kier alpha value is -7.48. The molecule has 0 radical (unpaired) electrons. The molecule has 0 saturated carbocycles. The number of aromatic nitrogens is 3. The summed E-state index contributed by atoms with van der Waals surface area (Å²) in [6, 6.07) is 62.4. The van der Waals surface area contributed by atoms with Gasteiger partial charge in [0, 0.05) is 46.2 Å². The SMILES string of the molecule is c1ccc([Si]2(c3ccccc3)c3ccc(Oc4ccc5c6ccccc6n6ccnc6c5c4)cc3N(c3ccccn3)c3c2ccc2c3oc3ccccc32)cc1. The number of fused-ring (bicyclic) bond motifs is 12. The van der Waals surface area contributed by atoms with Crippen LogP contribution >= 0.6 is 0 Å². The molecule has 0 unspecified atom stereocenters. The molecular formula is C50H32N4O2Si. The maximum absolute atomic E-state index is 6.92. The van der Waals surface area contributed by atoms with E-state index >= 15 is 0 Å². The maximum atomic E-state index is 6.92. The summed E-state index contributed by atoms with van der Waals surface area (Å²) in [7, 11) is -3.01. The van der Waals surface area contributed by atoms with Crippen molar-refractivity contribution in [3.63, 3.8) is 0 Å². The Balaban J connectivity index is 1.14. The van der Waals surface area contributed by atoms with Crippen LogP contribution in [0.3, 0.4) is 0 Å². The largest absolute Gasteiger partial charge is 0.457 e. The first kappa shape index (κ1) is 31.8. The molecule has 1 aliphatic heterocycles. The zero-order chi connectivity index (χ0) is 37.5. The zero-order valence-electron chi connectivity index (χ0n) is 30.6. The molecule has 0 fully saturated rings. The molecule has 57 heavy (non-hydrogen) atoms. The van der Waals surface area contributed by atoms with Crippen molar-refractivity contribution in [2.75, 3.05) is 4.90 Å².